The van der Waals surface area contributed by atoms with Crippen LogP contribution in [0.4, 0.5) is 4.39 Å². The Morgan fingerprint density at radius 3 is 2.42 bits per heavy atom. The summed E-state index contributed by atoms with van der Waals surface area (Å²) in [4.78, 5) is -0.410. The van der Waals surface area contributed by atoms with Crippen molar-refractivity contribution in [2.45, 2.75) is 18.4 Å². The predicted octanol–water partition coefficient (Wildman–Crippen LogP) is 4.22. The van der Waals surface area contributed by atoms with Crippen LogP contribution in [0.3, 0.4) is 0 Å². The summed E-state index contributed by atoms with van der Waals surface area (Å²) in [6, 6.07) is 17.2. The van der Waals surface area contributed by atoms with Crippen LogP contribution in [0.5, 0.6) is 11.5 Å². The highest BCUT2D eigenvalue weighted by Crippen LogP contribution is 2.39. The number of aryl methyl sites for hydroxylation is 1. The standard InChI is InChI=1S/C24H22FN3O4S/c1-16-7-3-6-10-20(16)28-21(11-12-26-28)18-13-24(23(30)14-22(18)29)33(31,32)27(2)15-17-8-4-5-9-19(17)25/h3-14,29-30H,15H2,1-2H3. The molecule has 0 aliphatic heterocycles. The number of sulfonamides is 1. The molecule has 0 atom stereocenters. The number of aromatic nitrogens is 2. The molecule has 4 rings (SSSR count). The smallest absolute Gasteiger partial charge is 0.246 e. The molecule has 7 nitrogen and oxygen atoms in total. The van der Waals surface area contributed by atoms with E-state index in [1.165, 1.54) is 37.5 Å². The lowest BCUT2D eigenvalue weighted by molar-refractivity contribution is 0.427. The summed E-state index contributed by atoms with van der Waals surface area (Å²) in [7, 11) is -2.93. The summed E-state index contributed by atoms with van der Waals surface area (Å²) in [5.41, 5.74) is 2.49. The molecule has 9 heteroatoms. The van der Waals surface area contributed by atoms with Crippen molar-refractivity contribution in [2.24, 2.45) is 0 Å². The molecule has 3 aromatic carbocycles. The second-order valence-corrected chi connectivity index (χ2v) is 9.62. The molecule has 1 heterocycles. The molecule has 0 saturated heterocycles. The average molecular weight is 468 g/mol. The minimum atomic E-state index is -4.22. The number of benzene rings is 3. The molecule has 0 spiro atoms. The van der Waals surface area contributed by atoms with E-state index in [-0.39, 0.29) is 23.4 Å². The van der Waals surface area contributed by atoms with Crippen LogP contribution in [0.2, 0.25) is 0 Å². The molecular weight excluding hydrogens is 445 g/mol. The van der Waals surface area contributed by atoms with Gasteiger partial charge < -0.3 is 10.2 Å². The number of hydrogen-bond donors (Lipinski definition) is 2. The van der Waals surface area contributed by atoms with Crippen LogP contribution in [0.25, 0.3) is 16.9 Å². The number of aromatic hydroxyl groups is 2. The highest BCUT2D eigenvalue weighted by Gasteiger charge is 2.28. The monoisotopic (exact) mass is 467 g/mol. The number of para-hydroxylation sites is 1. The summed E-state index contributed by atoms with van der Waals surface area (Å²) in [5.74, 6) is -1.45. The molecule has 0 aliphatic carbocycles. The number of rotatable bonds is 6. The van der Waals surface area contributed by atoms with E-state index in [0.717, 1.165) is 21.6 Å². The Balaban J connectivity index is 1.79. The number of nitrogens with zero attached hydrogens (tertiary/aromatic N) is 3. The Bertz CT molecular complexity index is 1430. The molecule has 0 radical (unpaired) electrons. The third-order valence-electron chi connectivity index (χ3n) is 5.38. The topological polar surface area (TPSA) is 95.7 Å². The van der Waals surface area contributed by atoms with E-state index in [1.54, 1.807) is 16.8 Å². The number of phenolic OH excluding ortho intramolecular Hbond substituents is 2. The lowest BCUT2D eigenvalue weighted by atomic mass is 10.1. The summed E-state index contributed by atoms with van der Waals surface area (Å²) < 4.78 is 43.1. The second-order valence-electron chi connectivity index (χ2n) is 7.60. The molecule has 0 aliphatic rings. The molecule has 1 aromatic heterocycles. The summed E-state index contributed by atoms with van der Waals surface area (Å²) in [5, 5.41) is 25.3. The Labute approximate surface area is 191 Å². The van der Waals surface area contributed by atoms with Gasteiger partial charge in [-0.3, -0.25) is 0 Å². The highest BCUT2D eigenvalue weighted by molar-refractivity contribution is 7.89. The number of halogens is 1. The molecule has 170 valence electrons. The van der Waals surface area contributed by atoms with Crippen LogP contribution in [0.15, 0.2) is 77.8 Å². The summed E-state index contributed by atoms with van der Waals surface area (Å²) >= 11 is 0. The zero-order chi connectivity index (χ0) is 23.8. The molecule has 0 saturated carbocycles. The van der Waals surface area contributed by atoms with Crippen molar-refractivity contribution < 1.29 is 23.0 Å². The van der Waals surface area contributed by atoms with E-state index < -0.39 is 26.5 Å². The largest absolute Gasteiger partial charge is 0.507 e. The first-order chi connectivity index (χ1) is 15.7. The van der Waals surface area contributed by atoms with E-state index in [2.05, 4.69) is 5.10 Å². The molecule has 0 amide bonds. The molecular formula is C24H22FN3O4S. The quantitative estimate of drug-likeness (QED) is 0.443. The van der Waals surface area contributed by atoms with Crippen molar-refractivity contribution >= 4 is 10.0 Å². The van der Waals surface area contributed by atoms with Gasteiger partial charge in [0, 0.05) is 30.8 Å². The molecule has 0 bridgehead atoms. The van der Waals surface area contributed by atoms with E-state index in [1.807, 2.05) is 31.2 Å². The van der Waals surface area contributed by atoms with Crippen molar-refractivity contribution in [3.8, 4) is 28.4 Å². The summed E-state index contributed by atoms with van der Waals surface area (Å²) in [6.07, 6.45) is 1.53. The fourth-order valence-electron chi connectivity index (χ4n) is 3.59. The van der Waals surface area contributed by atoms with Gasteiger partial charge >= 0.3 is 0 Å². The lowest BCUT2D eigenvalue weighted by Gasteiger charge is -2.19. The fourth-order valence-corrected chi connectivity index (χ4v) is 4.82. The van der Waals surface area contributed by atoms with Gasteiger partial charge in [-0.15, -0.1) is 0 Å². The van der Waals surface area contributed by atoms with Crippen LogP contribution in [-0.2, 0) is 16.6 Å². The third kappa shape index (κ3) is 4.20. The van der Waals surface area contributed by atoms with E-state index in [0.29, 0.717) is 5.69 Å². The van der Waals surface area contributed by atoms with Gasteiger partial charge in [0.05, 0.1) is 17.6 Å². The van der Waals surface area contributed by atoms with Crippen molar-refractivity contribution in [1.29, 1.82) is 0 Å². The molecule has 0 fully saturated rings. The van der Waals surface area contributed by atoms with Gasteiger partial charge in [-0.25, -0.2) is 17.5 Å². The van der Waals surface area contributed by atoms with Gasteiger partial charge in [-0.05, 0) is 36.8 Å². The maximum atomic E-state index is 14.0. The van der Waals surface area contributed by atoms with Crippen molar-refractivity contribution in [1.82, 2.24) is 14.1 Å². The molecule has 33 heavy (non-hydrogen) atoms. The Morgan fingerprint density at radius 1 is 1.00 bits per heavy atom. The van der Waals surface area contributed by atoms with Gasteiger partial charge in [0.25, 0.3) is 0 Å². The second kappa shape index (κ2) is 8.68. The Kier molecular flexibility index (Phi) is 5.92. The van der Waals surface area contributed by atoms with Gasteiger partial charge in [-0.2, -0.15) is 9.40 Å². The maximum Gasteiger partial charge on any atom is 0.246 e. The van der Waals surface area contributed by atoms with E-state index in [4.69, 9.17) is 0 Å². The fraction of sp³-hybridized carbons (Fsp3) is 0.125. The van der Waals surface area contributed by atoms with Crippen molar-refractivity contribution in [3.63, 3.8) is 0 Å². The number of hydrogen-bond acceptors (Lipinski definition) is 5. The van der Waals surface area contributed by atoms with Crippen LogP contribution in [-0.4, -0.2) is 39.8 Å². The van der Waals surface area contributed by atoms with Gasteiger partial charge in [0.15, 0.2) is 0 Å². The Morgan fingerprint density at radius 2 is 1.70 bits per heavy atom. The average Bonchev–Trinajstić information content (AvgIpc) is 3.24. The maximum absolute atomic E-state index is 14.0. The van der Waals surface area contributed by atoms with Crippen LogP contribution in [0, 0.1) is 12.7 Å². The normalized spacial score (nSPS) is 11.8. The van der Waals surface area contributed by atoms with Crippen LogP contribution in [0.1, 0.15) is 11.1 Å². The van der Waals surface area contributed by atoms with Gasteiger partial charge in [-0.1, -0.05) is 36.4 Å². The first kappa shape index (κ1) is 22.5. The van der Waals surface area contributed by atoms with Crippen molar-refractivity contribution in [2.75, 3.05) is 7.05 Å². The minimum Gasteiger partial charge on any atom is -0.507 e. The molecule has 2 N–H and O–H groups in total. The van der Waals surface area contributed by atoms with Gasteiger partial charge in [0.2, 0.25) is 10.0 Å². The third-order valence-corrected chi connectivity index (χ3v) is 7.21. The zero-order valence-corrected chi connectivity index (χ0v) is 18.8. The van der Waals surface area contributed by atoms with E-state index >= 15 is 0 Å². The Hall–Kier alpha value is -3.69. The molecule has 0 unspecified atom stereocenters. The SMILES string of the molecule is Cc1ccccc1-n1nccc1-c1cc(S(=O)(=O)N(C)Cc2ccccc2F)c(O)cc1O. The van der Waals surface area contributed by atoms with Gasteiger partial charge in [0.1, 0.15) is 22.2 Å². The van der Waals surface area contributed by atoms with Crippen molar-refractivity contribution in [3.05, 3.63) is 89.9 Å². The summed E-state index contributed by atoms with van der Waals surface area (Å²) in [6.45, 7) is 1.68. The zero-order valence-electron chi connectivity index (χ0n) is 18.0. The highest BCUT2D eigenvalue weighted by atomic mass is 32.2. The number of phenols is 2. The van der Waals surface area contributed by atoms with E-state index in [9.17, 15) is 23.0 Å². The van der Waals surface area contributed by atoms with Crippen LogP contribution >= 0.6 is 0 Å². The predicted molar refractivity (Wildman–Crippen MR) is 122 cm³/mol. The lowest BCUT2D eigenvalue weighted by Crippen LogP contribution is -2.27. The molecule has 4 aromatic rings. The van der Waals surface area contributed by atoms with Crippen LogP contribution < -0.4 is 0 Å². The first-order valence-electron chi connectivity index (χ1n) is 10.1. The first-order valence-corrected chi connectivity index (χ1v) is 11.5. The minimum absolute atomic E-state index is 0.173.